The fraction of sp³-hybridized carbons (Fsp3) is 0.417. The summed E-state index contributed by atoms with van der Waals surface area (Å²) in [4.78, 5) is 25.3. The number of rotatable bonds is 10. The predicted molar refractivity (Wildman–Crippen MR) is 118 cm³/mol. The maximum Gasteiger partial charge on any atom is 0.227 e. The number of aryl methyl sites for hydroxylation is 2. The van der Waals surface area contributed by atoms with Gasteiger partial charge in [-0.1, -0.05) is 19.8 Å². The zero-order valence-electron chi connectivity index (χ0n) is 17.9. The summed E-state index contributed by atoms with van der Waals surface area (Å²) in [6.07, 6.45) is 12.5. The zero-order valence-corrected chi connectivity index (χ0v) is 17.9. The standard InChI is InChI=1S/C24H27FN4O2/c1-3-21(30)18-9-17(23(25)22(10-18)31-2)7-6-16-12-27-24(28-13-16)29-20-11-19(26-14-20)8-15-4-5-15/h9-15,19H,3-8H2,1-2H3,(H,27,28,29). The summed E-state index contributed by atoms with van der Waals surface area (Å²) in [5.74, 6) is 0.970. The number of Topliss-reactive ketones (excluding diaryl/α,β-unsaturated/α-hetero) is 1. The van der Waals surface area contributed by atoms with E-state index in [0.717, 1.165) is 23.6 Å². The summed E-state index contributed by atoms with van der Waals surface area (Å²) in [5.41, 5.74) is 2.73. The lowest BCUT2D eigenvalue weighted by Gasteiger charge is -2.11. The summed E-state index contributed by atoms with van der Waals surface area (Å²) in [6.45, 7) is 1.78. The van der Waals surface area contributed by atoms with Gasteiger partial charge in [-0.2, -0.15) is 0 Å². The molecule has 1 fully saturated rings. The van der Waals surface area contributed by atoms with E-state index in [1.807, 2.05) is 6.21 Å². The Balaban J connectivity index is 1.37. The lowest BCUT2D eigenvalue weighted by molar-refractivity contribution is 0.0987. The minimum absolute atomic E-state index is 0.0394. The molecule has 0 radical (unpaired) electrons. The molecule has 0 saturated heterocycles. The Bertz CT molecular complexity index is 1010. The second-order valence-corrected chi connectivity index (χ2v) is 8.11. The normalized spacial score (nSPS) is 17.5. The molecule has 2 aliphatic rings. The van der Waals surface area contributed by atoms with Crippen LogP contribution >= 0.6 is 0 Å². The maximum absolute atomic E-state index is 14.6. The molecule has 1 atom stereocenters. The third-order valence-electron chi connectivity index (χ3n) is 5.67. The Morgan fingerprint density at radius 2 is 2.00 bits per heavy atom. The molecule has 1 unspecified atom stereocenters. The molecule has 1 aliphatic heterocycles. The largest absolute Gasteiger partial charge is 0.494 e. The average molecular weight is 423 g/mol. The number of hydrogen-bond donors (Lipinski definition) is 1. The number of nitrogens with one attached hydrogen (secondary N) is 1. The topological polar surface area (TPSA) is 76.5 Å². The Hall–Kier alpha value is -3.09. The van der Waals surface area contributed by atoms with Crippen molar-refractivity contribution in [3.63, 3.8) is 0 Å². The van der Waals surface area contributed by atoms with Crippen LogP contribution < -0.4 is 10.1 Å². The number of methoxy groups -OCH3 is 1. The predicted octanol–water partition coefficient (Wildman–Crippen LogP) is 4.55. The molecule has 1 aromatic carbocycles. The van der Waals surface area contributed by atoms with E-state index in [-0.39, 0.29) is 17.6 Å². The molecule has 2 heterocycles. The van der Waals surface area contributed by atoms with E-state index < -0.39 is 5.82 Å². The highest BCUT2D eigenvalue weighted by Gasteiger charge is 2.25. The highest BCUT2D eigenvalue weighted by molar-refractivity contribution is 5.96. The second kappa shape index (κ2) is 9.37. The number of hydrogen-bond acceptors (Lipinski definition) is 6. The molecule has 2 aromatic rings. The second-order valence-electron chi connectivity index (χ2n) is 8.11. The van der Waals surface area contributed by atoms with E-state index in [1.165, 1.54) is 26.0 Å². The summed E-state index contributed by atoms with van der Waals surface area (Å²) in [6, 6.07) is 3.34. The SMILES string of the molecule is CCC(=O)c1cc(CCc2cnc(NC3=CC(CC4CC4)N=C3)nc2)c(F)c(OC)c1. The summed E-state index contributed by atoms with van der Waals surface area (Å²) >= 11 is 0. The number of ketones is 1. The van der Waals surface area contributed by atoms with Crippen LogP contribution in [0.4, 0.5) is 10.3 Å². The maximum atomic E-state index is 14.6. The molecular formula is C24H27FN4O2. The molecule has 6 nitrogen and oxygen atoms in total. The molecule has 0 spiro atoms. The van der Waals surface area contributed by atoms with Crippen molar-refractivity contribution in [1.29, 1.82) is 0 Å². The smallest absolute Gasteiger partial charge is 0.227 e. The van der Waals surface area contributed by atoms with Crippen LogP contribution in [0.15, 0.2) is 41.3 Å². The zero-order chi connectivity index (χ0) is 21.8. The first-order valence-electron chi connectivity index (χ1n) is 10.8. The van der Waals surface area contributed by atoms with Gasteiger partial charge in [0, 0.05) is 30.6 Å². The molecule has 31 heavy (non-hydrogen) atoms. The molecular weight excluding hydrogens is 395 g/mol. The first-order valence-corrected chi connectivity index (χ1v) is 10.8. The number of anilines is 1. The van der Waals surface area contributed by atoms with Gasteiger partial charge in [0.1, 0.15) is 0 Å². The van der Waals surface area contributed by atoms with Gasteiger partial charge in [0.25, 0.3) is 0 Å². The number of allylic oxidation sites excluding steroid dienone is 1. The van der Waals surface area contributed by atoms with E-state index >= 15 is 0 Å². The molecule has 1 aromatic heterocycles. The first kappa shape index (κ1) is 21.2. The number of aliphatic imine (C=N–C) groups is 1. The number of nitrogens with zero attached hydrogens (tertiary/aromatic N) is 3. The molecule has 162 valence electrons. The molecule has 4 rings (SSSR count). The van der Waals surface area contributed by atoms with Crippen molar-refractivity contribution < 1.29 is 13.9 Å². The Morgan fingerprint density at radius 3 is 2.68 bits per heavy atom. The first-order chi connectivity index (χ1) is 15.1. The quantitative estimate of drug-likeness (QED) is 0.569. The van der Waals surface area contributed by atoms with Gasteiger partial charge in [-0.15, -0.1) is 0 Å². The van der Waals surface area contributed by atoms with Crippen LogP contribution in [0.2, 0.25) is 0 Å². The Morgan fingerprint density at radius 1 is 1.23 bits per heavy atom. The van der Waals surface area contributed by atoms with Gasteiger partial charge in [0.2, 0.25) is 5.95 Å². The molecule has 1 N–H and O–H groups in total. The van der Waals surface area contributed by atoms with E-state index in [0.29, 0.717) is 36.3 Å². The number of ether oxygens (including phenoxy) is 1. The van der Waals surface area contributed by atoms with Crippen LogP contribution in [0.25, 0.3) is 0 Å². The molecule has 1 saturated carbocycles. The van der Waals surface area contributed by atoms with Gasteiger partial charge in [0.05, 0.1) is 18.8 Å². The van der Waals surface area contributed by atoms with Crippen molar-refractivity contribution in [2.45, 2.75) is 51.5 Å². The number of carbonyl (C=O) groups is 1. The van der Waals surface area contributed by atoms with Crippen molar-refractivity contribution in [2.75, 3.05) is 12.4 Å². The van der Waals surface area contributed by atoms with E-state index in [9.17, 15) is 9.18 Å². The van der Waals surface area contributed by atoms with Crippen molar-refractivity contribution in [3.8, 4) is 5.75 Å². The van der Waals surface area contributed by atoms with Gasteiger partial charge in [-0.3, -0.25) is 9.79 Å². The van der Waals surface area contributed by atoms with Gasteiger partial charge in [-0.05, 0) is 54.5 Å². The van der Waals surface area contributed by atoms with E-state index in [4.69, 9.17) is 4.74 Å². The summed E-state index contributed by atoms with van der Waals surface area (Å²) in [5, 5.41) is 3.19. The van der Waals surface area contributed by atoms with Gasteiger partial charge >= 0.3 is 0 Å². The lowest BCUT2D eigenvalue weighted by atomic mass is 10.00. The third kappa shape index (κ3) is 5.34. The van der Waals surface area contributed by atoms with Crippen LogP contribution in [-0.4, -0.2) is 35.1 Å². The lowest BCUT2D eigenvalue weighted by Crippen LogP contribution is -2.06. The van der Waals surface area contributed by atoms with Crippen LogP contribution in [0, 0.1) is 11.7 Å². The van der Waals surface area contributed by atoms with Gasteiger partial charge in [0.15, 0.2) is 17.3 Å². The van der Waals surface area contributed by atoms with Crippen LogP contribution in [0.1, 0.15) is 54.1 Å². The van der Waals surface area contributed by atoms with Crippen molar-refractivity contribution in [3.05, 3.63) is 58.8 Å². The highest BCUT2D eigenvalue weighted by atomic mass is 19.1. The monoisotopic (exact) mass is 422 g/mol. The van der Waals surface area contributed by atoms with Gasteiger partial charge in [-0.25, -0.2) is 14.4 Å². The minimum Gasteiger partial charge on any atom is -0.494 e. The van der Waals surface area contributed by atoms with Crippen molar-refractivity contribution in [1.82, 2.24) is 9.97 Å². The molecule has 0 amide bonds. The fourth-order valence-electron chi connectivity index (χ4n) is 3.67. The third-order valence-corrected chi connectivity index (χ3v) is 5.67. The van der Waals surface area contributed by atoms with Gasteiger partial charge < -0.3 is 10.1 Å². The Labute approximate surface area is 181 Å². The number of carbonyl (C=O) groups excluding carboxylic acids is 1. The van der Waals surface area contributed by atoms with Crippen molar-refractivity contribution in [2.24, 2.45) is 10.9 Å². The average Bonchev–Trinajstić information content (AvgIpc) is 3.50. The van der Waals surface area contributed by atoms with Crippen LogP contribution in [0.5, 0.6) is 5.75 Å². The number of benzene rings is 1. The van der Waals surface area contributed by atoms with Crippen LogP contribution in [0.3, 0.4) is 0 Å². The van der Waals surface area contributed by atoms with Crippen molar-refractivity contribution >= 4 is 17.9 Å². The summed E-state index contributed by atoms with van der Waals surface area (Å²) in [7, 11) is 1.40. The number of halogens is 1. The summed E-state index contributed by atoms with van der Waals surface area (Å²) < 4.78 is 19.7. The molecule has 7 heteroatoms. The molecule has 1 aliphatic carbocycles. The Kier molecular flexibility index (Phi) is 6.39. The highest BCUT2D eigenvalue weighted by Crippen LogP contribution is 2.35. The van der Waals surface area contributed by atoms with E-state index in [1.54, 1.807) is 25.4 Å². The van der Waals surface area contributed by atoms with E-state index in [2.05, 4.69) is 26.4 Å². The fourth-order valence-corrected chi connectivity index (χ4v) is 3.67. The minimum atomic E-state index is -0.428. The van der Waals surface area contributed by atoms with Crippen LogP contribution in [-0.2, 0) is 12.8 Å². The molecule has 0 bridgehead atoms. The number of aromatic nitrogens is 2.